The lowest BCUT2D eigenvalue weighted by Crippen LogP contribution is -1.91. The molecule has 0 atom stereocenters. The molecule has 2 aromatic rings. The molecule has 0 amide bonds. The highest BCUT2D eigenvalue weighted by atomic mass is 35.5. The number of para-hydroxylation sites is 1. The molecule has 0 saturated heterocycles. The minimum absolute atomic E-state index is 0.154. The molecule has 0 unspecified atom stereocenters. The Morgan fingerprint density at radius 2 is 1.82 bits per heavy atom. The third-order valence-corrected chi connectivity index (χ3v) is 2.75. The van der Waals surface area contributed by atoms with E-state index in [0.717, 1.165) is 5.56 Å². The number of hydrogen-bond donors (Lipinski definition) is 0. The molecule has 0 spiro atoms. The molecule has 2 aromatic carbocycles. The van der Waals surface area contributed by atoms with Gasteiger partial charge in [-0.3, -0.25) is 0 Å². The van der Waals surface area contributed by atoms with Crippen molar-refractivity contribution in [2.24, 2.45) is 0 Å². The van der Waals surface area contributed by atoms with E-state index in [9.17, 15) is 4.39 Å². The maximum Gasteiger partial charge on any atom is 0.165 e. The van der Waals surface area contributed by atoms with Crippen molar-refractivity contribution >= 4 is 23.2 Å². The number of alkyl halides is 1. The lowest BCUT2D eigenvalue weighted by Gasteiger charge is -2.10. The Kier molecular flexibility index (Phi) is 3.87. The second-order valence-corrected chi connectivity index (χ2v) is 4.12. The second kappa shape index (κ2) is 5.39. The highest BCUT2D eigenvalue weighted by Gasteiger charge is 2.08. The van der Waals surface area contributed by atoms with Crippen LogP contribution in [0.5, 0.6) is 11.5 Å². The smallest absolute Gasteiger partial charge is 0.165 e. The Morgan fingerprint density at radius 1 is 1.06 bits per heavy atom. The van der Waals surface area contributed by atoms with Gasteiger partial charge in [-0.15, -0.1) is 11.6 Å². The number of ether oxygens (including phenoxy) is 1. The highest BCUT2D eigenvalue weighted by molar-refractivity contribution is 6.30. The fourth-order valence-corrected chi connectivity index (χ4v) is 1.76. The summed E-state index contributed by atoms with van der Waals surface area (Å²) in [6.45, 7) is 0. The maximum atomic E-state index is 13.4. The van der Waals surface area contributed by atoms with E-state index >= 15 is 0 Å². The third-order valence-electron chi connectivity index (χ3n) is 2.23. The Hall–Kier alpha value is -1.25. The van der Waals surface area contributed by atoms with E-state index in [1.54, 1.807) is 36.4 Å². The summed E-state index contributed by atoms with van der Waals surface area (Å²) >= 11 is 11.6. The Balaban J connectivity index is 2.35. The summed E-state index contributed by atoms with van der Waals surface area (Å²) in [6, 6.07) is 11.3. The first-order valence-electron chi connectivity index (χ1n) is 4.97. The number of halogens is 3. The van der Waals surface area contributed by atoms with Crippen molar-refractivity contribution in [2.75, 3.05) is 0 Å². The van der Waals surface area contributed by atoms with Crippen LogP contribution in [-0.2, 0) is 5.88 Å². The van der Waals surface area contributed by atoms with Crippen LogP contribution in [0, 0.1) is 5.82 Å². The van der Waals surface area contributed by atoms with Crippen molar-refractivity contribution in [3.8, 4) is 11.5 Å². The Bertz CT molecular complexity index is 529. The van der Waals surface area contributed by atoms with Gasteiger partial charge in [0, 0.05) is 10.6 Å². The van der Waals surface area contributed by atoms with E-state index in [1.807, 2.05) is 0 Å². The van der Waals surface area contributed by atoms with Crippen LogP contribution >= 0.6 is 23.2 Å². The highest BCUT2D eigenvalue weighted by Crippen LogP contribution is 2.30. The van der Waals surface area contributed by atoms with Crippen LogP contribution < -0.4 is 4.74 Å². The van der Waals surface area contributed by atoms with Crippen LogP contribution in [0.2, 0.25) is 5.02 Å². The van der Waals surface area contributed by atoms with Gasteiger partial charge in [-0.2, -0.15) is 0 Å². The summed E-state index contributed by atoms with van der Waals surface area (Å²) in [5.74, 6) is 0.479. The third kappa shape index (κ3) is 2.90. The molecule has 0 fully saturated rings. The number of benzene rings is 2. The summed E-state index contributed by atoms with van der Waals surface area (Å²) in [4.78, 5) is 0. The minimum atomic E-state index is -0.423. The summed E-state index contributed by atoms with van der Waals surface area (Å²) < 4.78 is 18.9. The Labute approximate surface area is 109 Å². The standard InChI is InChI=1S/C13H9Cl2FO/c14-8-9-5-6-10(15)7-13(9)17-12-4-2-1-3-11(12)16/h1-7H,8H2. The van der Waals surface area contributed by atoms with Gasteiger partial charge in [-0.1, -0.05) is 29.8 Å². The molecule has 88 valence electrons. The van der Waals surface area contributed by atoms with Crippen molar-refractivity contribution in [1.82, 2.24) is 0 Å². The van der Waals surface area contributed by atoms with Crippen LogP contribution in [-0.4, -0.2) is 0 Å². The SMILES string of the molecule is Fc1ccccc1Oc1cc(Cl)ccc1CCl. The predicted octanol–water partition coefficient (Wildman–Crippen LogP) is 5.01. The summed E-state index contributed by atoms with van der Waals surface area (Å²) in [5, 5.41) is 0.519. The number of hydrogen-bond acceptors (Lipinski definition) is 1. The van der Waals surface area contributed by atoms with Gasteiger partial charge in [-0.05, 0) is 24.3 Å². The first-order valence-corrected chi connectivity index (χ1v) is 5.88. The van der Waals surface area contributed by atoms with Crippen LogP contribution in [0.15, 0.2) is 42.5 Å². The lowest BCUT2D eigenvalue weighted by atomic mass is 10.2. The molecule has 17 heavy (non-hydrogen) atoms. The number of rotatable bonds is 3. The molecule has 0 saturated carbocycles. The largest absolute Gasteiger partial charge is 0.454 e. The lowest BCUT2D eigenvalue weighted by molar-refractivity contribution is 0.439. The monoisotopic (exact) mass is 270 g/mol. The molecule has 0 aliphatic heterocycles. The van der Waals surface area contributed by atoms with Gasteiger partial charge in [0.25, 0.3) is 0 Å². The average Bonchev–Trinajstić information content (AvgIpc) is 2.32. The minimum Gasteiger partial charge on any atom is -0.454 e. The first-order chi connectivity index (χ1) is 8.20. The van der Waals surface area contributed by atoms with Crippen molar-refractivity contribution in [2.45, 2.75) is 5.88 Å². The molecule has 0 heterocycles. The van der Waals surface area contributed by atoms with Gasteiger partial charge in [-0.25, -0.2) is 4.39 Å². The van der Waals surface area contributed by atoms with Gasteiger partial charge in [0.2, 0.25) is 0 Å². The first kappa shape index (κ1) is 12.2. The van der Waals surface area contributed by atoms with Crippen molar-refractivity contribution < 1.29 is 9.13 Å². The van der Waals surface area contributed by atoms with Crippen LogP contribution in [0.1, 0.15) is 5.56 Å². The van der Waals surface area contributed by atoms with Crippen molar-refractivity contribution in [3.05, 3.63) is 58.9 Å². The average molecular weight is 271 g/mol. The van der Waals surface area contributed by atoms with Crippen LogP contribution in [0.4, 0.5) is 4.39 Å². The summed E-state index contributed by atoms with van der Waals surface area (Å²) in [6.07, 6.45) is 0. The zero-order valence-corrected chi connectivity index (χ0v) is 10.3. The van der Waals surface area contributed by atoms with E-state index in [0.29, 0.717) is 10.8 Å². The summed E-state index contributed by atoms with van der Waals surface area (Å²) in [5.41, 5.74) is 0.763. The summed E-state index contributed by atoms with van der Waals surface area (Å²) in [7, 11) is 0. The van der Waals surface area contributed by atoms with E-state index < -0.39 is 5.82 Å². The van der Waals surface area contributed by atoms with E-state index in [1.165, 1.54) is 6.07 Å². The van der Waals surface area contributed by atoms with Crippen molar-refractivity contribution in [1.29, 1.82) is 0 Å². The molecule has 0 aromatic heterocycles. The fraction of sp³-hybridized carbons (Fsp3) is 0.0769. The molecular formula is C13H9Cl2FO. The predicted molar refractivity (Wildman–Crippen MR) is 67.5 cm³/mol. The Morgan fingerprint density at radius 3 is 2.53 bits per heavy atom. The van der Waals surface area contributed by atoms with Gasteiger partial charge < -0.3 is 4.74 Å². The molecule has 4 heteroatoms. The van der Waals surface area contributed by atoms with Gasteiger partial charge >= 0.3 is 0 Å². The zero-order chi connectivity index (χ0) is 12.3. The van der Waals surface area contributed by atoms with E-state index in [-0.39, 0.29) is 11.6 Å². The van der Waals surface area contributed by atoms with Gasteiger partial charge in [0.15, 0.2) is 11.6 Å². The van der Waals surface area contributed by atoms with Gasteiger partial charge in [0.1, 0.15) is 5.75 Å². The fourth-order valence-electron chi connectivity index (χ4n) is 1.38. The molecule has 0 N–H and O–H groups in total. The maximum absolute atomic E-state index is 13.4. The molecular weight excluding hydrogens is 262 g/mol. The van der Waals surface area contributed by atoms with Crippen LogP contribution in [0.3, 0.4) is 0 Å². The van der Waals surface area contributed by atoms with Gasteiger partial charge in [0.05, 0.1) is 5.88 Å². The van der Waals surface area contributed by atoms with Crippen molar-refractivity contribution in [3.63, 3.8) is 0 Å². The van der Waals surface area contributed by atoms with E-state index in [4.69, 9.17) is 27.9 Å². The molecule has 0 aliphatic rings. The topological polar surface area (TPSA) is 9.23 Å². The van der Waals surface area contributed by atoms with E-state index in [2.05, 4.69) is 0 Å². The normalized spacial score (nSPS) is 10.3. The molecule has 0 bridgehead atoms. The molecule has 0 aliphatic carbocycles. The molecule has 0 radical (unpaired) electrons. The zero-order valence-electron chi connectivity index (χ0n) is 8.79. The second-order valence-electron chi connectivity index (χ2n) is 3.42. The van der Waals surface area contributed by atoms with Crippen LogP contribution in [0.25, 0.3) is 0 Å². The molecule has 2 rings (SSSR count). The quantitative estimate of drug-likeness (QED) is 0.713. The molecule has 1 nitrogen and oxygen atoms in total.